The highest BCUT2D eigenvalue weighted by molar-refractivity contribution is 5.97. The molecule has 12 N–H and O–H groups in total. The number of carbonyl (C=O) groups excluding carboxylic acids is 5. The zero-order chi connectivity index (χ0) is 31.4. The van der Waals surface area contributed by atoms with E-state index in [0.29, 0.717) is 5.56 Å². The number of benzene rings is 1. The lowest BCUT2D eigenvalue weighted by atomic mass is 10.0. The van der Waals surface area contributed by atoms with Crippen LogP contribution in [0.1, 0.15) is 39.2 Å². The molecule has 0 bridgehead atoms. The number of carbonyl (C=O) groups is 6. The van der Waals surface area contributed by atoms with E-state index in [4.69, 9.17) is 11.5 Å². The number of primary amides is 1. The standard InChI is InChI=1S/C25H38N6O10/c1-4-15(26)21(36)30-19(11(2)32)24(39)29-17(10-18(27)35)22(37)28-16(9-13-5-7-14(34)8-6-13)23(38)31-20(12(3)33)25(40)41/h5-8,11-12,15-17,19-20,32-34H,4,9-10,26H2,1-3H3,(H2,27,35)(H,28,37)(H,29,39)(H,30,36)(H,31,38)(H,40,41). The van der Waals surface area contributed by atoms with Crippen LogP contribution >= 0.6 is 0 Å². The van der Waals surface area contributed by atoms with Crippen LogP contribution in [0.3, 0.4) is 0 Å². The summed E-state index contributed by atoms with van der Waals surface area (Å²) in [5, 5.41) is 47.6. The van der Waals surface area contributed by atoms with Gasteiger partial charge in [0.2, 0.25) is 29.5 Å². The number of nitrogens with two attached hydrogens (primary N) is 2. The first-order valence-corrected chi connectivity index (χ1v) is 12.7. The molecule has 0 aromatic heterocycles. The molecule has 41 heavy (non-hydrogen) atoms. The molecule has 16 heteroatoms. The second-order valence-corrected chi connectivity index (χ2v) is 9.47. The van der Waals surface area contributed by atoms with Crippen LogP contribution in [0.4, 0.5) is 0 Å². The fraction of sp³-hybridized carbons (Fsp3) is 0.520. The normalized spacial score (nSPS) is 16.0. The second-order valence-electron chi connectivity index (χ2n) is 9.47. The smallest absolute Gasteiger partial charge is 0.328 e. The Morgan fingerprint density at radius 1 is 0.780 bits per heavy atom. The summed E-state index contributed by atoms with van der Waals surface area (Å²) in [6.07, 6.45) is -3.69. The highest BCUT2D eigenvalue weighted by atomic mass is 16.4. The lowest BCUT2D eigenvalue weighted by molar-refractivity contribution is -0.145. The maximum atomic E-state index is 13.2. The molecule has 0 saturated heterocycles. The monoisotopic (exact) mass is 582 g/mol. The van der Waals surface area contributed by atoms with Crippen molar-refractivity contribution in [2.45, 2.75) is 82.5 Å². The average Bonchev–Trinajstić information content (AvgIpc) is 2.88. The molecule has 16 nitrogen and oxygen atoms in total. The molecule has 7 unspecified atom stereocenters. The van der Waals surface area contributed by atoms with Gasteiger partial charge in [-0.1, -0.05) is 19.1 Å². The van der Waals surface area contributed by atoms with Crippen LogP contribution in [0.15, 0.2) is 24.3 Å². The molecule has 0 aliphatic rings. The lowest BCUT2D eigenvalue weighted by Gasteiger charge is -2.27. The third-order valence-corrected chi connectivity index (χ3v) is 5.93. The van der Waals surface area contributed by atoms with Gasteiger partial charge in [0.05, 0.1) is 24.7 Å². The fourth-order valence-electron chi connectivity index (χ4n) is 3.51. The Balaban J connectivity index is 3.25. The number of hydrogen-bond donors (Lipinski definition) is 10. The van der Waals surface area contributed by atoms with Crippen LogP contribution in [0.2, 0.25) is 0 Å². The highest BCUT2D eigenvalue weighted by Crippen LogP contribution is 2.12. The summed E-state index contributed by atoms with van der Waals surface area (Å²) in [4.78, 5) is 74.5. The van der Waals surface area contributed by atoms with E-state index in [0.717, 1.165) is 6.92 Å². The van der Waals surface area contributed by atoms with Crippen LogP contribution in [0, 0.1) is 0 Å². The summed E-state index contributed by atoms with van der Waals surface area (Å²) < 4.78 is 0. The van der Waals surface area contributed by atoms with Gasteiger partial charge in [0.15, 0.2) is 6.04 Å². The number of aliphatic hydroxyl groups is 2. The minimum atomic E-state index is -1.73. The van der Waals surface area contributed by atoms with Crippen molar-refractivity contribution in [3.63, 3.8) is 0 Å². The van der Waals surface area contributed by atoms with E-state index in [1.165, 1.54) is 31.2 Å². The zero-order valence-electron chi connectivity index (χ0n) is 22.9. The number of amides is 5. The Hall–Kier alpha value is -4.28. The number of aliphatic carboxylic acids is 1. The van der Waals surface area contributed by atoms with Gasteiger partial charge in [0, 0.05) is 6.42 Å². The largest absolute Gasteiger partial charge is 0.508 e. The summed E-state index contributed by atoms with van der Waals surface area (Å²) in [6.45, 7) is 3.96. The van der Waals surface area contributed by atoms with Crippen molar-refractivity contribution in [2.75, 3.05) is 0 Å². The molecule has 0 saturated carbocycles. The molecule has 1 aromatic carbocycles. The predicted octanol–water partition coefficient (Wildman–Crippen LogP) is -3.67. The SMILES string of the molecule is CCC(N)C(=O)NC(C(=O)NC(CC(N)=O)C(=O)NC(Cc1ccc(O)cc1)C(=O)NC(C(=O)O)C(C)O)C(C)O. The molecular weight excluding hydrogens is 544 g/mol. The first kappa shape index (κ1) is 34.7. The number of phenolic OH excluding ortho intramolecular Hbond substituents is 1. The number of aliphatic hydroxyl groups excluding tert-OH is 2. The van der Waals surface area contributed by atoms with Crippen molar-refractivity contribution in [1.29, 1.82) is 0 Å². The molecule has 0 radical (unpaired) electrons. The van der Waals surface area contributed by atoms with Gasteiger partial charge >= 0.3 is 5.97 Å². The third-order valence-electron chi connectivity index (χ3n) is 5.93. The maximum Gasteiger partial charge on any atom is 0.328 e. The predicted molar refractivity (Wildman–Crippen MR) is 143 cm³/mol. The van der Waals surface area contributed by atoms with Gasteiger partial charge in [-0.15, -0.1) is 0 Å². The van der Waals surface area contributed by atoms with Crippen LogP contribution in [-0.4, -0.2) is 98.3 Å². The Morgan fingerprint density at radius 3 is 1.73 bits per heavy atom. The highest BCUT2D eigenvalue weighted by Gasteiger charge is 2.34. The van der Waals surface area contributed by atoms with Crippen LogP contribution in [0.5, 0.6) is 5.75 Å². The molecule has 1 aromatic rings. The first-order chi connectivity index (χ1) is 19.1. The van der Waals surface area contributed by atoms with E-state index in [1.54, 1.807) is 6.92 Å². The van der Waals surface area contributed by atoms with Crippen LogP contribution < -0.4 is 32.7 Å². The van der Waals surface area contributed by atoms with Crippen LogP contribution in [0.25, 0.3) is 0 Å². The van der Waals surface area contributed by atoms with E-state index >= 15 is 0 Å². The van der Waals surface area contributed by atoms with Crippen molar-refractivity contribution >= 4 is 35.5 Å². The van der Waals surface area contributed by atoms with Crippen molar-refractivity contribution in [2.24, 2.45) is 11.5 Å². The van der Waals surface area contributed by atoms with Crippen molar-refractivity contribution in [1.82, 2.24) is 21.3 Å². The van der Waals surface area contributed by atoms with Gasteiger partial charge in [-0.2, -0.15) is 0 Å². The Morgan fingerprint density at radius 2 is 1.27 bits per heavy atom. The molecule has 0 aliphatic heterocycles. The number of carboxylic acids is 1. The summed E-state index contributed by atoms with van der Waals surface area (Å²) >= 11 is 0. The van der Waals surface area contributed by atoms with Gasteiger partial charge in [-0.3, -0.25) is 24.0 Å². The summed E-state index contributed by atoms with van der Waals surface area (Å²) in [7, 11) is 0. The van der Waals surface area contributed by atoms with Crippen molar-refractivity contribution in [3.8, 4) is 5.75 Å². The van der Waals surface area contributed by atoms with Gasteiger partial charge in [0.25, 0.3) is 0 Å². The molecular formula is C25H38N6O10. The Labute approximate surface area is 235 Å². The van der Waals surface area contributed by atoms with Gasteiger partial charge < -0.3 is 53.2 Å². The van der Waals surface area contributed by atoms with E-state index in [1.807, 2.05) is 0 Å². The molecule has 228 valence electrons. The number of rotatable bonds is 16. The minimum absolute atomic E-state index is 0.0808. The summed E-state index contributed by atoms with van der Waals surface area (Å²) in [6, 6.07) is -1.95. The van der Waals surface area contributed by atoms with E-state index in [9.17, 15) is 49.2 Å². The number of nitrogens with one attached hydrogen (secondary N) is 4. The topological polar surface area (TPSA) is 284 Å². The van der Waals surface area contributed by atoms with E-state index in [-0.39, 0.29) is 18.6 Å². The molecule has 7 atom stereocenters. The van der Waals surface area contributed by atoms with E-state index in [2.05, 4.69) is 21.3 Å². The molecule has 5 amide bonds. The molecule has 0 spiro atoms. The maximum absolute atomic E-state index is 13.2. The third kappa shape index (κ3) is 11.4. The second kappa shape index (κ2) is 16.1. The quantitative estimate of drug-likeness (QED) is 0.0906. The van der Waals surface area contributed by atoms with Crippen molar-refractivity contribution in [3.05, 3.63) is 29.8 Å². The van der Waals surface area contributed by atoms with Crippen LogP contribution in [-0.2, 0) is 35.2 Å². The molecule has 0 aliphatic carbocycles. The van der Waals surface area contributed by atoms with E-state index < -0.39 is 84.3 Å². The molecule has 1 rings (SSSR count). The van der Waals surface area contributed by atoms with Crippen molar-refractivity contribution < 1.29 is 49.2 Å². The molecule has 0 fully saturated rings. The number of carboxylic acid groups (broad SMARTS) is 1. The minimum Gasteiger partial charge on any atom is -0.508 e. The lowest BCUT2D eigenvalue weighted by Crippen LogP contribution is -2.61. The van der Waals surface area contributed by atoms with Gasteiger partial charge in [-0.05, 0) is 38.0 Å². The zero-order valence-corrected chi connectivity index (χ0v) is 22.9. The average molecular weight is 583 g/mol. The number of phenols is 1. The first-order valence-electron chi connectivity index (χ1n) is 12.7. The Kier molecular flexibility index (Phi) is 13.6. The van der Waals surface area contributed by atoms with Gasteiger partial charge in [0.1, 0.15) is 23.9 Å². The fourth-order valence-corrected chi connectivity index (χ4v) is 3.51. The summed E-state index contributed by atoms with van der Waals surface area (Å²) in [5.41, 5.74) is 11.3. The Bertz CT molecular complexity index is 1090. The number of aromatic hydroxyl groups is 1. The van der Waals surface area contributed by atoms with Gasteiger partial charge in [-0.25, -0.2) is 4.79 Å². The number of hydrogen-bond acceptors (Lipinski definition) is 10. The summed E-state index contributed by atoms with van der Waals surface area (Å²) in [5.74, 6) is -6.55. The molecule has 0 heterocycles.